The minimum Gasteiger partial charge on any atom is -0.493 e. The minimum absolute atomic E-state index is 0.146. The third kappa shape index (κ3) is 6.26. The smallest absolute Gasteiger partial charge is 0.251 e. The maximum absolute atomic E-state index is 13.9. The summed E-state index contributed by atoms with van der Waals surface area (Å²) in [4.78, 5) is 29.0. The first kappa shape index (κ1) is 28.0. The monoisotopic (exact) mass is 548 g/mol. The van der Waals surface area contributed by atoms with Gasteiger partial charge in [-0.25, -0.2) is 0 Å². The molecule has 2 N–H and O–H groups in total. The second-order valence-electron chi connectivity index (χ2n) is 10.7. The van der Waals surface area contributed by atoms with Crippen LogP contribution in [0.4, 0.5) is 0 Å². The minimum atomic E-state index is -0.194. The van der Waals surface area contributed by atoms with Crippen LogP contribution >= 0.6 is 0 Å². The maximum Gasteiger partial charge on any atom is 0.251 e. The molecular formula is C31H40N4O5. The molecule has 0 radical (unpaired) electrons. The average molecular weight is 549 g/mol. The number of benzene rings is 2. The number of carbonyl (C=O) groups excluding carboxylic acids is 2. The zero-order valence-electron chi connectivity index (χ0n) is 23.7. The fraction of sp³-hybridized carbons (Fsp3) is 0.484. The Labute approximate surface area is 235 Å². The molecule has 2 fully saturated rings. The predicted molar refractivity (Wildman–Crippen MR) is 154 cm³/mol. The first-order chi connectivity index (χ1) is 19.5. The number of hydrogen-bond acceptors (Lipinski definition) is 6. The maximum atomic E-state index is 13.9. The van der Waals surface area contributed by atoms with Gasteiger partial charge in [-0.05, 0) is 55.5 Å². The van der Waals surface area contributed by atoms with E-state index in [9.17, 15) is 9.59 Å². The molecule has 0 unspecified atom stereocenters. The molecule has 1 saturated carbocycles. The fourth-order valence-electron chi connectivity index (χ4n) is 5.69. The highest BCUT2D eigenvalue weighted by Crippen LogP contribution is 2.33. The molecule has 0 bridgehead atoms. The van der Waals surface area contributed by atoms with E-state index in [0.29, 0.717) is 49.7 Å². The molecule has 3 aromatic rings. The number of fused-ring (bicyclic) bond motifs is 1. The number of piperidine rings is 1. The highest BCUT2D eigenvalue weighted by atomic mass is 16.5. The number of hydrogen-bond donors (Lipinski definition) is 2. The molecule has 1 aromatic heterocycles. The molecule has 2 aliphatic rings. The third-order valence-electron chi connectivity index (χ3n) is 7.91. The van der Waals surface area contributed by atoms with Gasteiger partial charge in [-0.3, -0.25) is 9.59 Å². The van der Waals surface area contributed by atoms with Crippen LogP contribution in [0.5, 0.6) is 11.5 Å². The lowest BCUT2D eigenvalue weighted by atomic mass is 9.93. The van der Waals surface area contributed by atoms with Crippen molar-refractivity contribution in [3.8, 4) is 11.5 Å². The molecule has 9 nitrogen and oxygen atoms in total. The highest BCUT2D eigenvalue weighted by molar-refractivity contribution is 5.95. The lowest BCUT2D eigenvalue weighted by Crippen LogP contribution is -2.53. The Bertz CT molecular complexity index is 1330. The molecular weight excluding hydrogens is 508 g/mol. The molecule has 2 aromatic carbocycles. The van der Waals surface area contributed by atoms with Gasteiger partial charge in [-0.1, -0.05) is 18.2 Å². The van der Waals surface area contributed by atoms with Crippen molar-refractivity contribution in [1.29, 1.82) is 0 Å². The molecule has 9 heteroatoms. The first-order valence-electron chi connectivity index (χ1n) is 14.1. The summed E-state index contributed by atoms with van der Waals surface area (Å²) in [5.74, 6) is 0.852. The van der Waals surface area contributed by atoms with Crippen molar-refractivity contribution in [3.63, 3.8) is 0 Å². The van der Waals surface area contributed by atoms with Crippen LogP contribution < -0.4 is 20.1 Å². The normalized spacial score (nSPS) is 18.9. The second-order valence-corrected chi connectivity index (χ2v) is 10.7. The molecule has 2 heterocycles. The number of rotatable bonds is 12. The van der Waals surface area contributed by atoms with E-state index < -0.39 is 0 Å². The molecule has 1 aliphatic carbocycles. The van der Waals surface area contributed by atoms with Gasteiger partial charge < -0.3 is 34.3 Å². The molecule has 5 rings (SSSR count). The summed E-state index contributed by atoms with van der Waals surface area (Å²) < 4.78 is 18.2. The average Bonchev–Trinajstić information content (AvgIpc) is 3.77. The van der Waals surface area contributed by atoms with Crippen LogP contribution in [0, 0.1) is 5.92 Å². The van der Waals surface area contributed by atoms with Crippen LogP contribution in [-0.2, 0) is 22.6 Å². The van der Waals surface area contributed by atoms with Gasteiger partial charge in [-0.2, -0.15) is 0 Å². The number of carbonyl (C=O) groups is 2. The van der Waals surface area contributed by atoms with Gasteiger partial charge in [0, 0.05) is 74.6 Å². The van der Waals surface area contributed by atoms with Gasteiger partial charge >= 0.3 is 0 Å². The van der Waals surface area contributed by atoms with E-state index in [1.165, 1.54) is 16.5 Å². The first-order valence-corrected chi connectivity index (χ1v) is 14.1. The van der Waals surface area contributed by atoms with Crippen LogP contribution in [0.2, 0.25) is 0 Å². The van der Waals surface area contributed by atoms with Crippen LogP contribution in [0.3, 0.4) is 0 Å². The summed E-state index contributed by atoms with van der Waals surface area (Å²) in [5, 5.41) is 7.69. The molecule has 2 amide bonds. The van der Waals surface area contributed by atoms with E-state index >= 15 is 0 Å². The van der Waals surface area contributed by atoms with E-state index in [-0.39, 0.29) is 29.8 Å². The van der Waals surface area contributed by atoms with E-state index in [2.05, 4.69) is 50.6 Å². The number of ether oxygens (including phenoxy) is 3. The van der Waals surface area contributed by atoms with Gasteiger partial charge in [0.15, 0.2) is 11.5 Å². The predicted octanol–water partition coefficient (Wildman–Crippen LogP) is 3.59. The number of methoxy groups -OCH3 is 3. The van der Waals surface area contributed by atoms with E-state index in [1.54, 1.807) is 39.5 Å². The van der Waals surface area contributed by atoms with Crippen molar-refractivity contribution < 1.29 is 23.8 Å². The summed E-state index contributed by atoms with van der Waals surface area (Å²) in [6.45, 7) is 3.43. The number of nitrogens with zero attached hydrogens (tertiary/aromatic N) is 2. The SMILES string of the molecule is COCCCn1cc(CN(C(=O)[C@@H]2CNC[C@H](NC(=O)c3ccc(OC)c(OC)c3)C2)C2CC2)c2ccccc21. The van der Waals surface area contributed by atoms with Crippen LogP contribution in [0.1, 0.15) is 41.6 Å². The van der Waals surface area contributed by atoms with Crippen molar-refractivity contribution in [2.45, 2.75) is 50.9 Å². The molecule has 1 saturated heterocycles. The Kier molecular flexibility index (Phi) is 8.91. The summed E-state index contributed by atoms with van der Waals surface area (Å²) in [6.07, 6.45) is 5.82. The highest BCUT2D eigenvalue weighted by Gasteiger charge is 2.38. The zero-order chi connectivity index (χ0) is 28.1. The Morgan fingerprint density at radius 1 is 1.05 bits per heavy atom. The van der Waals surface area contributed by atoms with Gasteiger partial charge in [0.2, 0.25) is 5.91 Å². The summed E-state index contributed by atoms with van der Waals surface area (Å²) >= 11 is 0. The number of nitrogens with one attached hydrogen (secondary N) is 2. The number of aromatic nitrogens is 1. The Morgan fingerprint density at radius 2 is 1.85 bits per heavy atom. The number of para-hydroxylation sites is 1. The molecule has 40 heavy (non-hydrogen) atoms. The standard InChI is InChI=1S/C31H40N4O5/c1-38-14-6-13-34-19-23(26-7-4-5-8-27(26)34)20-35(25-10-11-25)31(37)22-15-24(18-32-17-22)33-30(36)21-9-12-28(39-2)29(16-21)40-3/h4-5,7-9,12,16,19,22,24-25,32H,6,10-11,13-15,17-18,20H2,1-3H3,(H,33,36)/t22-,24+/m0/s1. The van der Waals surface area contributed by atoms with Crippen LogP contribution in [0.15, 0.2) is 48.7 Å². The van der Waals surface area contributed by atoms with Crippen molar-refractivity contribution in [2.75, 3.05) is 41.0 Å². The van der Waals surface area contributed by atoms with Crippen molar-refractivity contribution in [1.82, 2.24) is 20.1 Å². The van der Waals surface area contributed by atoms with E-state index in [0.717, 1.165) is 25.8 Å². The lowest BCUT2D eigenvalue weighted by molar-refractivity contribution is -0.137. The summed E-state index contributed by atoms with van der Waals surface area (Å²) in [7, 11) is 4.84. The van der Waals surface area contributed by atoms with Gasteiger partial charge in [0.05, 0.1) is 20.1 Å². The van der Waals surface area contributed by atoms with Crippen LogP contribution in [0.25, 0.3) is 10.9 Å². The molecule has 214 valence electrons. The lowest BCUT2D eigenvalue weighted by Gasteiger charge is -2.34. The van der Waals surface area contributed by atoms with Crippen molar-refractivity contribution in [2.24, 2.45) is 5.92 Å². The van der Waals surface area contributed by atoms with Gasteiger partial charge in [0.1, 0.15) is 0 Å². The molecule has 0 spiro atoms. The summed E-state index contributed by atoms with van der Waals surface area (Å²) in [5.41, 5.74) is 2.86. The Balaban J connectivity index is 1.27. The summed E-state index contributed by atoms with van der Waals surface area (Å²) in [6, 6.07) is 13.7. The van der Waals surface area contributed by atoms with Crippen molar-refractivity contribution in [3.05, 3.63) is 59.8 Å². The fourth-order valence-corrected chi connectivity index (χ4v) is 5.69. The largest absolute Gasteiger partial charge is 0.493 e. The quantitative estimate of drug-likeness (QED) is 0.336. The number of aryl methyl sites for hydroxylation is 1. The second kappa shape index (κ2) is 12.7. The Morgan fingerprint density at radius 3 is 2.60 bits per heavy atom. The number of amides is 2. The molecule has 2 atom stereocenters. The van der Waals surface area contributed by atoms with Gasteiger partial charge in [-0.15, -0.1) is 0 Å². The van der Waals surface area contributed by atoms with E-state index in [4.69, 9.17) is 14.2 Å². The Hall–Kier alpha value is -3.56. The third-order valence-corrected chi connectivity index (χ3v) is 7.91. The van der Waals surface area contributed by atoms with Crippen molar-refractivity contribution >= 4 is 22.7 Å². The van der Waals surface area contributed by atoms with Crippen LogP contribution in [-0.4, -0.2) is 74.4 Å². The van der Waals surface area contributed by atoms with Gasteiger partial charge in [0.25, 0.3) is 5.91 Å². The molecule has 1 aliphatic heterocycles. The zero-order valence-corrected chi connectivity index (χ0v) is 23.7. The van der Waals surface area contributed by atoms with E-state index in [1.807, 2.05) is 0 Å². The topological polar surface area (TPSA) is 94.1 Å².